The monoisotopic (exact) mass is 252 g/mol. The predicted molar refractivity (Wildman–Crippen MR) is 63.5 cm³/mol. The van der Waals surface area contributed by atoms with Gasteiger partial charge < -0.3 is 16.0 Å². The molecule has 1 aromatic heterocycles. The van der Waals surface area contributed by atoms with E-state index in [2.05, 4.69) is 20.5 Å². The smallest absolute Gasteiger partial charge is 0.288 e. The van der Waals surface area contributed by atoms with E-state index in [1.807, 2.05) is 6.92 Å². The van der Waals surface area contributed by atoms with E-state index in [0.29, 0.717) is 13.0 Å². The number of aromatic amines is 1. The third-order valence-electron chi connectivity index (χ3n) is 2.76. The average molecular weight is 252 g/mol. The Kier molecular flexibility index (Phi) is 3.45. The lowest BCUT2D eigenvalue weighted by Crippen LogP contribution is -2.37. The van der Waals surface area contributed by atoms with Gasteiger partial charge in [0.1, 0.15) is 0 Å². The molecule has 1 atom stereocenters. The molecule has 1 unspecified atom stereocenters. The molecule has 0 radical (unpaired) electrons. The first-order chi connectivity index (χ1) is 8.60. The first kappa shape index (κ1) is 12.3. The lowest BCUT2D eigenvalue weighted by Gasteiger charge is -2.15. The molecule has 1 fully saturated rings. The minimum Gasteiger partial charge on any atom is -0.366 e. The molecule has 18 heavy (non-hydrogen) atoms. The van der Waals surface area contributed by atoms with Crippen LogP contribution in [0, 0.1) is 0 Å². The second-order valence-corrected chi connectivity index (χ2v) is 4.26. The van der Waals surface area contributed by atoms with Gasteiger partial charge in [0.05, 0.1) is 6.04 Å². The summed E-state index contributed by atoms with van der Waals surface area (Å²) in [6.07, 6.45) is 1.24. The highest BCUT2D eigenvalue weighted by Crippen LogP contribution is 2.11. The highest BCUT2D eigenvalue weighted by atomic mass is 16.2. The van der Waals surface area contributed by atoms with Gasteiger partial charge in [0, 0.05) is 19.5 Å². The van der Waals surface area contributed by atoms with Crippen LogP contribution in [0.15, 0.2) is 0 Å². The molecule has 1 saturated heterocycles. The number of nitrogens with one attached hydrogen (secondary N) is 2. The molecule has 2 amide bonds. The molecule has 0 aromatic carbocycles. The van der Waals surface area contributed by atoms with E-state index in [9.17, 15) is 9.59 Å². The van der Waals surface area contributed by atoms with Crippen LogP contribution in [0.2, 0.25) is 0 Å². The van der Waals surface area contributed by atoms with Crippen molar-refractivity contribution >= 4 is 17.8 Å². The van der Waals surface area contributed by atoms with Gasteiger partial charge in [-0.05, 0) is 6.42 Å². The van der Waals surface area contributed by atoms with Crippen molar-refractivity contribution in [2.75, 3.05) is 18.8 Å². The van der Waals surface area contributed by atoms with Crippen LogP contribution in [0.4, 0.5) is 5.95 Å². The summed E-state index contributed by atoms with van der Waals surface area (Å²) in [7, 11) is 0. The minimum absolute atomic E-state index is 0.0234. The van der Waals surface area contributed by atoms with Gasteiger partial charge in [-0.1, -0.05) is 6.92 Å². The topological polar surface area (TPSA) is 117 Å². The first-order valence-corrected chi connectivity index (χ1v) is 5.86. The molecule has 4 N–H and O–H groups in total. The quantitative estimate of drug-likeness (QED) is 0.643. The second-order valence-electron chi connectivity index (χ2n) is 4.26. The summed E-state index contributed by atoms with van der Waals surface area (Å²) in [5.41, 5.74) is 5.31. The number of hydrogen-bond acceptors (Lipinski definition) is 5. The van der Waals surface area contributed by atoms with Crippen LogP contribution in [0.5, 0.6) is 0 Å². The van der Waals surface area contributed by atoms with E-state index in [1.165, 1.54) is 0 Å². The Morgan fingerprint density at radius 3 is 3.06 bits per heavy atom. The number of carbonyl (C=O) groups excluding carboxylic acids is 2. The van der Waals surface area contributed by atoms with Gasteiger partial charge in [-0.15, -0.1) is 5.10 Å². The molecule has 98 valence electrons. The Balaban J connectivity index is 1.91. The van der Waals surface area contributed by atoms with E-state index in [-0.39, 0.29) is 23.7 Å². The number of nitrogens with zero attached hydrogens (tertiary/aromatic N) is 3. The Hall–Kier alpha value is -2.12. The van der Waals surface area contributed by atoms with Crippen LogP contribution >= 0.6 is 0 Å². The van der Waals surface area contributed by atoms with Gasteiger partial charge in [-0.2, -0.15) is 4.98 Å². The van der Waals surface area contributed by atoms with Crippen LogP contribution in [0.1, 0.15) is 30.4 Å². The zero-order valence-electron chi connectivity index (χ0n) is 10.1. The number of hydrogen-bond donors (Lipinski definition) is 3. The normalized spacial score (nSPS) is 19.3. The van der Waals surface area contributed by atoms with Crippen LogP contribution < -0.4 is 11.1 Å². The molecule has 0 aliphatic carbocycles. The Morgan fingerprint density at radius 1 is 1.67 bits per heavy atom. The van der Waals surface area contributed by atoms with Crippen molar-refractivity contribution in [2.45, 2.75) is 25.8 Å². The summed E-state index contributed by atoms with van der Waals surface area (Å²) in [5, 5.41) is 8.74. The number of amides is 2. The third-order valence-corrected chi connectivity index (χ3v) is 2.76. The molecule has 0 bridgehead atoms. The number of anilines is 1. The standard InChI is InChI=1S/C10H16N6O2/c1-2-3-16-5-6(4-7(16)17)12-9(18)8-13-10(11)15-14-8/h6H,2-5H2,1H3,(H,12,18)(H3,11,13,14,15). The Bertz CT molecular complexity index is 457. The van der Waals surface area contributed by atoms with Gasteiger partial charge in [-0.3, -0.25) is 14.7 Å². The summed E-state index contributed by atoms with van der Waals surface area (Å²) in [5.74, 6) is -0.237. The largest absolute Gasteiger partial charge is 0.366 e. The maximum absolute atomic E-state index is 11.8. The summed E-state index contributed by atoms with van der Waals surface area (Å²) in [4.78, 5) is 28.8. The zero-order valence-corrected chi connectivity index (χ0v) is 10.1. The van der Waals surface area contributed by atoms with E-state index in [1.54, 1.807) is 4.90 Å². The van der Waals surface area contributed by atoms with E-state index >= 15 is 0 Å². The maximum Gasteiger partial charge on any atom is 0.288 e. The molecular formula is C10H16N6O2. The van der Waals surface area contributed by atoms with Crippen molar-refractivity contribution in [2.24, 2.45) is 0 Å². The highest BCUT2D eigenvalue weighted by molar-refractivity contribution is 5.91. The molecule has 0 spiro atoms. The van der Waals surface area contributed by atoms with E-state index in [4.69, 9.17) is 5.73 Å². The molecule has 8 nitrogen and oxygen atoms in total. The average Bonchev–Trinajstić information content (AvgIpc) is 2.87. The Morgan fingerprint density at radius 2 is 2.44 bits per heavy atom. The predicted octanol–water partition coefficient (Wildman–Crippen LogP) is -0.872. The highest BCUT2D eigenvalue weighted by Gasteiger charge is 2.30. The maximum atomic E-state index is 11.8. The number of aromatic nitrogens is 3. The number of nitrogens with two attached hydrogens (primary N) is 1. The van der Waals surface area contributed by atoms with Crippen molar-refractivity contribution in [3.8, 4) is 0 Å². The first-order valence-electron chi connectivity index (χ1n) is 5.86. The molecule has 2 heterocycles. The van der Waals surface area contributed by atoms with Gasteiger partial charge in [-0.25, -0.2) is 0 Å². The molecule has 8 heteroatoms. The number of likely N-dealkylation sites (tertiary alicyclic amines) is 1. The number of H-pyrrole nitrogens is 1. The summed E-state index contributed by atoms with van der Waals surface area (Å²) in [6, 6.07) is -0.178. The molecule has 1 aliphatic heterocycles. The van der Waals surface area contributed by atoms with Gasteiger partial charge in [0.25, 0.3) is 5.91 Å². The number of rotatable bonds is 4. The number of nitrogen functional groups attached to an aromatic ring is 1. The van der Waals surface area contributed by atoms with Crippen molar-refractivity contribution < 1.29 is 9.59 Å². The van der Waals surface area contributed by atoms with Crippen molar-refractivity contribution in [3.05, 3.63) is 5.82 Å². The van der Waals surface area contributed by atoms with Gasteiger partial charge in [0.2, 0.25) is 17.7 Å². The fourth-order valence-corrected chi connectivity index (χ4v) is 1.98. The van der Waals surface area contributed by atoms with Crippen molar-refractivity contribution in [1.29, 1.82) is 0 Å². The molecule has 1 aromatic rings. The summed E-state index contributed by atoms with van der Waals surface area (Å²) in [6.45, 7) is 3.28. The molecule has 2 rings (SSSR count). The molecular weight excluding hydrogens is 236 g/mol. The van der Waals surface area contributed by atoms with Crippen LogP contribution in [0.25, 0.3) is 0 Å². The van der Waals surface area contributed by atoms with Crippen molar-refractivity contribution in [3.63, 3.8) is 0 Å². The Labute approximate surface area is 104 Å². The van der Waals surface area contributed by atoms with Gasteiger partial charge in [0.15, 0.2) is 0 Å². The van der Waals surface area contributed by atoms with E-state index < -0.39 is 5.91 Å². The fraction of sp³-hybridized carbons (Fsp3) is 0.600. The lowest BCUT2D eigenvalue weighted by molar-refractivity contribution is -0.127. The minimum atomic E-state index is -0.393. The fourth-order valence-electron chi connectivity index (χ4n) is 1.98. The lowest BCUT2D eigenvalue weighted by atomic mass is 10.2. The number of carbonyl (C=O) groups is 2. The molecule has 0 saturated carbocycles. The molecule has 1 aliphatic rings. The summed E-state index contributed by atoms with van der Waals surface area (Å²) >= 11 is 0. The zero-order chi connectivity index (χ0) is 13.1. The van der Waals surface area contributed by atoms with E-state index in [0.717, 1.165) is 13.0 Å². The second kappa shape index (κ2) is 5.03. The van der Waals surface area contributed by atoms with Crippen LogP contribution in [-0.4, -0.2) is 51.0 Å². The van der Waals surface area contributed by atoms with Crippen LogP contribution in [0.3, 0.4) is 0 Å². The third kappa shape index (κ3) is 2.58. The van der Waals surface area contributed by atoms with Crippen molar-refractivity contribution in [1.82, 2.24) is 25.4 Å². The summed E-state index contributed by atoms with van der Waals surface area (Å²) < 4.78 is 0. The van der Waals surface area contributed by atoms with Crippen LogP contribution in [-0.2, 0) is 4.79 Å². The van der Waals surface area contributed by atoms with Gasteiger partial charge >= 0.3 is 0 Å². The SMILES string of the molecule is CCCN1CC(NC(=O)c2nc(N)n[nH]2)CC1=O.